The number of anilines is 1. The van der Waals surface area contributed by atoms with E-state index < -0.39 is 18.2 Å². The molecule has 1 aliphatic carbocycles. The van der Waals surface area contributed by atoms with Crippen molar-refractivity contribution in [3.8, 4) is 29.1 Å². The summed E-state index contributed by atoms with van der Waals surface area (Å²) in [6.07, 6.45) is 1.78. The van der Waals surface area contributed by atoms with Crippen LogP contribution in [0.2, 0.25) is 5.02 Å². The SMILES string of the molecule is CC1(C)[C@H](C=C(Cl)Cl)[C@@H]1C(=O)O[C@@H](C#N)c1cccc(Oc2ccccc2)c1.COC(=O)N(OC)c1ccccc1COc1ccn(-c2ccc(Cl)cc2)n1. The summed E-state index contributed by atoms with van der Waals surface area (Å²) in [6, 6.07) is 34.6. The fourth-order valence-corrected chi connectivity index (χ4v) is 6.15. The van der Waals surface area contributed by atoms with Gasteiger partial charge in [-0.05, 0) is 72.0 Å². The maximum atomic E-state index is 12.6. The average molecular weight is 804 g/mol. The number of aromatic nitrogens is 2. The highest BCUT2D eigenvalue weighted by molar-refractivity contribution is 6.55. The summed E-state index contributed by atoms with van der Waals surface area (Å²) in [5, 5.41) is 15.6. The first-order valence-electron chi connectivity index (χ1n) is 16.9. The Morgan fingerprint density at radius 2 is 1.64 bits per heavy atom. The number of para-hydroxylation sites is 2. The van der Waals surface area contributed by atoms with Gasteiger partial charge in [0, 0.05) is 28.4 Å². The predicted octanol–water partition coefficient (Wildman–Crippen LogP) is 10.4. The number of ether oxygens (including phenoxy) is 4. The summed E-state index contributed by atoms with van der Waals surface area (Å²) < 4.78 is 23.6. The van der Waals surface area contributed by atoms with Crippen LogP contribution in [0, 0.1) is 28.6 Å². The Hall–Kier alpha value is -5.51. The van der Waals surface area contributed by atoms with Crippen LogP contribution in [0.25, 0.3) is 5.69 Å². The smallest absolute Gasteiger partial charge is 0.438 e. The zero-order valence-corrected chi connectivity index (χ0v) is 32.5. The number of carbonyl (C=O) groups is 2. The lowest BCUT2D eigenvalue weighted by Gasteiger charge is -2.20. The molecule has 1 fully saturated rings. The molecule has 0 radical (unpaired) electrons. The first-order valence-corrected chi connectivity index (χ1v) is 18.0. The quantitative estimate of drug-likeness (QED) is 0.0895. The molecule has 3 atom stereocenters. The van der Waals surface area contributed by atoms with Gasteiger partial charge >= 0.3 is 12.1 Å². The molecule has 1 saturated carbocycles. The number of benzene rings is 4. The van der Waals surface area contributed by atoms with E-state index in [0.717, 1.165) is 16.3 Å². The number of hydroxylamine groups is 1. The van der Waals surface area contributed by atoms with Crippen LogP contribution in [0.5, 0.6) is 17.4 Å². The predicted molar refractivity (Wildman–Crippen MR) is 209 cm³/mol. The van der Waals surface area contributed by atoms with Crippen molar-refractivity contribution in [1.82, 2.24) is 9.78 Å². The number of hydrogen-bond donors (Lipinski definition) is 0. The van der Waals surface area contributed by atoms with Crippen molar-refractivity contribution in [3.63, 3.8) is 0 Å². The second-order valence-corrected chi connectivity index (χ2v) is 14.1. The van der Waals surface area contributed by atoms with Gasteiger partial charge in [-0.3, -0.25) is 9.63 Å². The molecule has 14 heteroatoms. The number of rotatable bonds is 12. The minimum Gasteiger partial charge on any atom is -0.472 e. The van der Waals surface area contributed by atoms with Crippen molar-refractivity contribution < 1.29 is 33.4 Å². The number of nitrogens with zero attached hydrogens (tertiary/aromatic N) is 4. The van der Waals surface area contributed by atoms with Gasteiger partial charge in [0.15, 0.2) is 0 Å². The van der Waals surface area contributed by atoms with E-state index in [-0.39, 0.29) is 28.3 Å². The number of carbonyl (C=O) groups excluding carboxylic acids is 2. The normalized spacial score (nSPS) is 15.5. The largest absolute Gasteiger partial charge is 0.472 e. The van der Waals surface area contributed by atoms with E-state index in [1.807, 2.05) is 74.5 Å². The lowest BCUT2D eigenvalue weighted by Crippen LogP contribution is -2.30. The van der Waals surface area contributed by atoms with Crippen molar-refractivity contribution in [2.75, 3.05) is 19.3 Å². The molecule has 1 aromatic heterocycles. The molecule has 6 rings (SSSR count). The number of nitriles is 1. The Labute approximate surface area is 334 Å². The Kier molecular flexibility index (Phi) is 13.8. The lowest BCUT2D eigenvalue weighted by atomic mass is 10.1. The summed E-state index contributed by atoms with van der Waals surface area (Å²) >= 11 is 17.4. The molecule has 0 aliphatic heterocycles. The van der Waals surface area contributed by atoms with E-state index >= 15 is 0 Å². The van der Waals surface area contributed by atoms with Crippen LogP contribution in [0.4, 0.5) is 10.5 Å². The van der Waals surface area contributed by atoms with E-state index in [9.17, 15) is 14.9 Å². The summed E-state index contributed by atoms with van der Waals surface area (Å²) in [5.41, 5.74) is 2.37. The maximum Gasteiger partial charge on any atom is 0.438 e. The molecule has 0 saturated heterocycles. The number of methoxy groups -OCH3 is 1. The van der Waals surface area contributed by atoms with Crippen LogP contribution in [0.15, 0.2) is 126 Å². The molecule has 1 heterocycles. The van der Waals surface area contributed by atoms with E-state index in [4.69, 9.17) is 58.6 Å². The third kappa shape index (κ3) is 10.6. The van der Waals surface area contributed by atoms with E-state index in [0.29, 0.717) is 33.7 Å². The number of esters is 1. The molecule has 1 aliphatic rings. The molecule has 0 spiro atoms. The highest BCUT2D eigenvalue weighted by Crippen LogP contribution is 2.60. The Morgan fingerprint density at radius 3 is 2.31 bits per heavy atom. The lowest BCUT2D eigenvalue weighted by molar-refractivity contribution is -0.149. The van der Waals surface area contributed by atoms with Gasteiger partial charge in [-0.15, -0.1) is 5.10 Å². The Balaban J connectivity index is 0.000000211. The van der Waals surface area contributed by atoms with Gasteiger partial charge < -0.3 is 18.9 Å². The summed E-state index contributed by atoms with van der Waals surface area (Å²) in [5.74, 6) is 0.735. The second-order valence-electron chi connectivity index (χ2n) is 12.7. The fraction of sp³-hybridized carbons (Fsp3) is 0.220. The zero-order chi connectivity index (χ0) is 39.5. The van der Waals surface area contributed by atoms with Crippen LogP contribution < -0.4 is 14.5 Å². The topological polar surface area (TPSA) is 125 Å². The van der Waals surface area contributed by atoms with Crippen LogP contribution in [0.3, 0.4) is 0 Å². The van der Waals surface area contributed by atoms with Crippen LogP contribution in [0.1, 0.15) is 31.1 Å². The maximum absolute atomic E-state index is 12.6. The van der Waals surface area contributed by atoms with Gasteiger partial charge in [0.2, 0.25) is 12.0 Å². The molecule has 4 aromatic carbocycles. The van der Waals surface area contributed by atoms with Gasteiger partial charge in [0.05, 0.1) is 31.5 Å². The third-order valence-corrected chi connectivity index (χ3v) is 9.23. The number of halogens is 3. The van der Waals surface area contributed by atoms with Gasteiger partial charge in [-0.1, -0.05) is 97.2 Å². The monoisotopic (exact) mass is 802 g/mol. The van der Waals surface area contributed by atoms with Crippen LogP contribution in [-0.4, -0.2) is 36.1 Å². The van der Waals surface area contributed by atoms with Crippen molar-refractivity contribution >= 4 is 52.6 Å². The standard InChI is InChI=1S/C22H19Cl2NO3.C19H18ClN3O4/c1-22(2)17(12-19(23)24)20(22)21(26)28-18(13-25)14-7-6-10-16(11-14)27-15-8-4-3-5-9-15;1-25-19(24)23(26-2)17-6-4-3-5-14(17)13-27-18-11-12-22(21-18)16-9-7-15(20)8-10-16/h3-12,17-18,20H,1-2H3;3-12H,13H2,1-2H3/t17-,18+,20-;/m1./s1. The van der Waals surface area contributed by atoms with Crippen molar-refractivity contribution in [2.24, 2.45) is 17.3 Å². The Morgan fingerprint density at radius 1 is 0.945 bits per heavy atom. The van der Waals surface area contributed by atoms with Gasteiger partial charge in [0.1, 0.15) is 28.7 Å². The molecule has 0 N–H and O–H groups in total. The fourth-order valence-electron chi connectivity index (χ4n) is 5.76. The molecule has 284 valence electrons. The molecular weight excluding hydrogens is 767 g/mol. The first kappa shape index (κ1) is 40.7. The highest BCUT2D eigenvalue weighted by Gasteiger charge is 2.62. The van der Waals surface area contributed by atoms with E-state index in [1.165, 1.54) is 14.2 Å². The second kappa shape index (κ2) is 18.7. The third-order valence-electron chi connectivity index (χ3n) is 8.73. The van der Waals surface area contributed by atoms with E-state index in [1.54, 1.807) is 71.6 Å². The average Bonchev–Trinajstić information content (AvgIpc) is 3.45. The molecular formula is C41H37Cl3N4O7. The van der Waals surface area contributed by atoms with E-state index in [2.05, 4.69) is 5.10 Å². The number of allylic oxidation sites excluding steroid dienone is 1. The number of amides is 1. The molecule has 0 unspecified atom stereocenters. The first-order chi connectivity index (χ1) is 26.4. The molecule has 55 heavy (non-hydrogen) atoms. The van der Waals surface area contributed by atoms with Gasteiger partial charge in [-0.25, -0.2) is 9.48 Å². The molecule has 5 aromatic rings. The van der Waals surface area contributed by atoms with Crippen LogP contribution >= 0.6 is 34.8 Å². The molecule has 1 amide bonds. The summed E-state index contributed by atoms with van der Waals surface area (Å²) in [6.45, 7) is 4.07. The van der Waals surface area contributed by atoms with Crippen LogP contribution in [-0.2, 0) is 25.7 Å². The zero-order valence-electron chi connectivity index (χ0n) is 30.3. The van der Waals surface area contributed by atoms with Gasteiger partial charge in [-0.2, -0.15) is 10.3 Å². The van der Waals surface area contributed by atoms with Crippen molar-refractivity contribution in [2.45, 2.75) is 26.6 Å². The van der Waals surface area contributed by atoms with Crippen molar-refractivity contribution in [1.29, 1.82) is 5.26 Å². The minimum absolute atomic E-state index is 0.114. The van der Waals surface area contributed by atoms with Gasteiger partial charge in [0.25, 0.3) is 0 Å². The highest BCUT2D eigenvalue weighted by atomic mass is 35.5. The van der Waals surface area contributed by atoms with Crippen molar-refractivity contribution in [3.05, 3.63) is 142 Å². The number of hydrogen-bond acceptors (Lipinski definition) is 9. The molecule has 0 bridgehead atoms. The summed E-state index contributed by atoms with van der Waals surface area (Å²) in [4.78, 5) is 29.6. The molecule has 11 nitrogen and oxygen atoms in total. The minimum atomic E-state index is -1.03. The Bertz CT molecular complexity index is 2150. The summed E-state index contributed by atoms with van der Waals surface area (Å²) in [7, 11) is 2.68.